The maximum atomic E-state index is 14.6. The number of amides is 1. The number of amidine groups is 1. The zero-order valence-electron chi connectivity index (χ0n) is 15.5. The van der Waals surface area contributed by atoms with Gasteiger partial charge in [0.05, 0.1) is 5.02 Å². The van der Waals surface area contributed by atoms with Crippen LogP contribution >= 0.6 is 11.6 Å². The van der Waals surface area contributed by atoms with Gasteiger partial charge in [0, 0.05) is 17.8 Å². The van der Waals surface area contributed by atoms with E-state index in [4.69, 9.17) is 22.1 Å². The molecule has 0 aliphatic heterocycles. The van der Waals surface area contributed by atoms with E-state index in [1.54, 1.807) is 19.9 Å². The standard InChI is InChI=1S/C19H18ClF3N4O2/c1-8-4-11(26-17(28)16-9(2)3-10(20)7-25-16)5-13(15(8)21)12-6-14(12)29-19(24)27-18(22)23/h3-5,7,12,14,18H,6H2,1-2H3,(H2,24,27)(H,26,28)/t12-,14-/m1/s1. The van der Waals surface area contributed by atoms with Crippen molar-refractivity contribution in [2.75, 3.05) is 5.32 Å². The van der Waals surface area contributed by atoms with E-state index in [-0.39, 0.29) is 11.6 Å². The van der Waals surface area contributed by atoms with Gasteiger partial charge in [-0.2, -0.15) is 13.8 Å². The number of aryl methyl sites for hydroxylation is 2. The van der Waals surface area contributed by atoms with Gasteiger partial charge in [-0.05, 0) is 55.2 Å². The van der Waals surface area contributed by atoms with E-state index >= 15 is 0 Å². The number of rotatable bonds is 5. The highest BCUT2D eigenvalue weighted by Gasteiger charge is 2.43. The average molecular weight is 427 g/mol. The Kier molecular flexibility index (Phi) is 5.97. The van der Waals surface area contributed by atoms with Crippen LogP contribution in [0.3, 0.4) is 0 Å². The van der Waals surface area contributed by atoms with Gasteiger partial charge in [0.15, 0.2) is 0 Å². The van der Waals surface area contributed by atoms with E-state index in [9.17, 15) is 18.0 Å². The number of ether oxygens (including phenoxy) is 1. The first-order valence-corrected chi connectivity index (χ1v) is 9.05. The van der Waals surface area contributed by atoms with Crippen molar-refractivity contribution in [2.24, 2.45) is 10.7 Å². The fraction of sp³-hybridized carbons (Fsp3) is 0.316. The highest BCUT2D eigenvalue weighted by atomic mass is 35.5. The number of aromatic nitrogens is 1. The summed E-state index contributed by atoms with van der Waals surface area (Å²) in [5, 5.41) is 3.10. The zero-order valence-corrected chi connectivity index (χ0v) is 16.3. The number of nitrogens with one attached hydrogen (secondary N) is 1. The molecule has 1 amide bonds. The molecule has 3 rings (SSSR count). The second-order valence-corrected chi connectivity index (χ2v) is 7.15. The third-order valence-electron chi connectivity index (χ3n) is 4.43. The van der Waals surface area contributed by atoms with Crippen molar-refractivity contribution < 1.29 is 22.7 Å². The summed E-state index contributed by atoms with van der Waals surface area (Å²) in [5.41, 5.74) is 7.08. The molecule has 154 valence electrons. The van der Waals surface area contributed by atoms with Crippen molar-refractivity contribution in [3.8, 4) is 0 Å². The minimum Gasteiger partial charge on any atom is -0.461 e. The predicted octanol–water partition coefficient (Wildman–Crippen LogP) is 4.15. The van der Waals surface area contributed by atoms with Crippen LogP contribution < -0.4 is 11.1 Å². The highest BCUT2D eigenvalue weighted by Crippen LogP contribution is 2.45. The summed E-state index contributed by atoms with van der Waals surface area (Å²) in [7, 11) is 0. The summed E-state index contributed by atoms with van der Waals surface area (Å²) in [4.78, 5) is 19.3. The molecule has 0 radical (unpaired) electrons. The Hall–Kier alpha value is -2.81. The Morgan fingerprint density at radius 1 is 1.34 bits per heavy atom. The molecular weight excluding hydrogens is 409 g/mol. The predicted molar refractivity (Wildman–Crippen MR) is 103 cm³/mol. The number of nitrogens with two attached hydrogens (primary N) is 1. The van der Waals surface area contributed by atoms with Gasteiger partial charge in [-0.25, -0.2) is 9.37 Å². The first-order valence-electron chi connectivity index (χ1n) is 8.67. The van der Waals surface area contributed by atoms with E-state index in [0.717, 1.165) is 0 Å². The summed E-state index contributed by atoms with van der Waals surface area (Å²) in [6, 6.07) is 3.95. The molecule has 1 aliphatic rings. The second-order valence-electron chi connectivity index (χ2n) is 6.71. The summed E-state index contributed by atoms with van der Waals surface area (Å²) >= 11 is 5.85. The van der Waals surface area contributed by atoms with Gasteiger partial charge in [0.25, 0.3) is 11.9 Å². The third-order valence-corrected chi connectivity index (χ3v) is 4.64. The number of halogens is 4. The van der Waals surface area contributed by atoms with Gasteiger partial charge in [-0.15, -0.1) is 0 Å². The monoisotopic (exact) mass is 426 g/mol. The molecule has 1 fully saturated rings. The first-order chi connectivity index (χ1) is 13.7. The number of alkyl halides is 2. The van der Waals surface area contributed by atoms with Crippen LogP contribution in [-0.4, -0.2) is 29.6 Å². The van der Waals surface area contributed by atoms with Gasteiger partial charge in [-0.3, -0.25) is 4.79 Å². The van der Waals surface area contributed by atoms with Crippen LogP contribution in [-0.2, 0) is 4.74 Å². The lowest BCUT2D eigenvalue weighted by Crippen LogP contribution is -2.19. The van der Waals surface area contributed by atoms with Crippen LogP contribution in [0.2, 0.25) is 5.02 Å². The molecule has 10 heteroatoms. The smallest absolute Gasteiger partial charge is 0.336 e. The van der Waals surface area contributed by atoms with Crippen molar-refractivity contribution in [3.05, 3.63) is 57.6 Å². The molecule has 2 aromatic rings. The number of anilines is 1. The summed E-state index contributed by atoms with van der Waals surface area (Å²) in [6.45, 7) is 0.284. The summed E-state index contributed by atoms with van der Waals surface area (Å²) in [5.74, 6) is -1.30. The maximum absolute atomic E-state index is 14.6. The third kappa shape index (κ3) is 4.97. The van der Waals surface area contributed by atoms with Crippen LogP contribution in [0.25, 0.3) is 0 Å². The summed E-state index contributed by atoms with van der Waals surface area (Å²) in [6.07, 6.45) is 1.20. The van der Waals surface area contributed by atoms with E-state index in [2.05, 4.69) is 15.3 Å². The fourth-order valence-corrected chi connectivity index (χ4v) is 3.23. The van der Waals surface area contributed by atoms with Crippen molar-refractivity contribution in [1.29, 1.82) is 0 Å². The molecule has 6 nitrogen and oxygen atoms in total. The molecule has 3 N–H and O–H groups in total. The van der Waals surface area contributed by atoms with Crippen LogP contribution in [0.15, 0.2) is 29.4 Å². The number of carbonyl (C=O) groups is 1. The first kappa shape index (κ1) is 20.9. The topological polar surface area (TPSA) is 89.6 Å². The Morgan fingerprint density at radius 2 is 2.07 bits per heavy atom. The quantitative estimate of drug-likeness (QED) is 0.427. The average Bonchev–Trinajstić information content (AvgIpc) is 3.35. The molecule has 0 unspecified atom stereocenters. The van der Waals surface area contributed by atoms with Crippen LogP contribution in [0.1, 0.15) is 39.5 Å². The van der Waals surface area contributed by atoms with Crippen molar-refractivity contribution in [2.45, 2.75) is 38.8 Å². The SMILES string of the molecule is Cc1cc(Cl)cnc1C(=O)Nc1cc(C)c(F)c([C@H]2C[C@H]2O/C(N)=N\C(F)F)c1. The normalized spacial score (nSPS) is 18.7. The Balaban J connectivity index is 1.77. The number of aliphatic imine (C=N–C) groups is 1. The Labute approximate surface area is 169 Å². The van der Waals surface area contributed by atoms with Crippen molar-refractivity contribution >= 4 is 29.2 Å². The van der Waals surface area contributed by atoms with E-state index in [1.165, 1.54) is 18.3 Å². The number of pyridine rings is 1. The Morgan fingerprint density at radius 3 is 2.72 bits per heavy atom. The Bertz CT molecular complexity index is 984. The molecule has 1 aromatic heterocycles. The van der Waals surface area contributed by atoms with Crippen LogP contribution in [0.5, 0.6) is 0 Å². The molecule has 1 aliphatic carbocycles. The van der Waals surface area contributed by atoms with Crippen molar-refractivity contribution in [3.63, 3.8) is 0 Å². The summed E-state index contributed by atoms with van der Waals surface area (Å²) < 4.78 is 44.1. The molecular formula is C19H18ClF3N4O2. The lowest BCUT2D eigenvalue weighted by molar-refractivity contribution is 0.102. The number of nitrogens with zero attached hydrogens (tertiary/aromatic N) is 2. The zero-order chi connectivity index (χ0) is 21.3. The highest BCUT2D eigenvalue weighted by molar-refractivity contribution is 6.30. The molecule has 1 aromatic carbocycles. The van der Waals surface area contributed by atoms with Crippen LogP contribution in [0, 0.1) is 19.7 Å². The van der Waals surface area contributed by atoms with Crippen LogP contribution in [0.4, 0.5) is 18.9 Å². The van der Waals surface area contributed by atoms with Gasteiger partial charge in [0.2, 0.25) is 0 Å². The lowest BCUT2D eigenvalue weighted by atomic mass is 10.0. The van der Waals surface area contributed by atoms with Gasteiger partial charge in [-0.1, -0.05) is 11.6 Å². The second kappa shape index (κ2) is 8.28. The fourth-order valence-electron chi connectivity index (χ4n) is 3.02. The molecule has 0 bridgehead atoms. The number of hydrogen-bond donors (Lipinski definition) is 2. The van der Waals surface area contributed by atoms with E-state index in [1.807, 2.05) is 0 Å². The number of hydrogen-bond acceptors (Lipinski definition) is 4. The molecule has 1 heterocycles. The van der Waals surface area contributed by atoms with E-state index in [0.29, 0.717) is 33.8 Å². The van der Waals surface area contributed by atoms with Gasteiger partial charge < -0.3 is 15.8 Å². The molecule has 0 spiro atoms. The largest absolute Gasteiger partial charge is 0.461 e. The van der Waals surface area contributed by atoms with Gasteiger partial charge >= 0.3 is 6.55 Å². The van der Waals surface area contributed by atoms with Crippen molar-refractivity contribution in [1.82, 2.24) is 4.98 Å². The molecule has 29 heavy (non-hydrogen) atoms. The molecule has 0 saturated heterocycles. The van der Waals surface area contributed by atoms with Gasteiger partial charge in [0.1, 0.15) is 17.6 Å². The molecule has 1 saturated carbocycles. The number of benzene rings is 1. The minimum atomic E-state index is -2.98. The minimum absolute atomic E-state index is 0.196. The number of carbonyl (C=O) groups excluding carboxylic acids is 1. The molecule has 2 atom stereocenters. The maximum Gasteiger partial charge on any atom is 0.336 e. The lowest BCUT2D eigenvalue weighted by Gasteiger charge is -2.12. The van der Waals surface area contributed by atoms with E-state index < -0.39 is 30.4 Å².